The van der Waals surface area contributed by atoms with Crippen LogP contribution >= 0.6 is 0 Å². The molecular formula is C17H24N4O2. The van der Waals surface area contributed by atoms with Crippen LogP contribution in [0, 0.1) is 23.7 Å². The van der Waals surface area contributed by atoms with Crippen LogP contribution in [0.4, 0.5) is 0 Å². The van der Waals surface area contributed by atoms with E-state index in [4.69, 9.17) is 4.52 Å². The first-order valence-electron chi connectivity index (χ1n) is 8.48. The first kappa shape index (κ1) is 16.0. The van der Waals surface area contributed by atoms with Gasteiger partial charge in [-0.2, -0.15) is 5.26 Å². The van der Waals surface area contributed by atoms with Crippen LogP contribution in [-0.2, 0) is 11.3 Å². The average molecular weight is 316 g/mol. The largest absolute Gasteiger partial charge is 0.360 e. The lowest BCUT2D eigenvalue weighted by Gasteiger charge is -2.39. The number of carbonyl (C=O) groups is 1. The zero-order valence-electron chi connectivity index (χ0n) is 13.8. The van der Waals surface area contributed by atoms with Crippen molar-refractivity contribution in [2.45, 2.75) is 45.6 Å². The van der Waals surface area contributed by atoms with Gasteiger partial charge in [0, 0.05) is 32.2 Å². The molecule has 2 fully saturated rings. The van der Waals surface area contributed by atoms with Crippen molar-refractivity contribution in [3.8, 4) is 6.07 Å². The predicted molar refractivity (Wildman–Crippen MR) is 84.2 cm³/mol. The summed E-state index contributed by atoms with van der Waals surface area (Å²) in [7, 11) is 0. The smallest absolute Gasteiger partial charge is 0.243 e. The van der Waals surface area contributed by atoms with Crippen LogP contribution in [-0.4, -0.2) is 47.0 Å². The van der Waals surface area contributed by atoms with E-state index < -0.39 is 5.41 Å². The van der Waals surface area contributed by atoms with Crippen molar-refractivity contribution in [3.63, 3.8) is 0 Å². The van der Waals surface area contributed by atoms with Crippen LogP contribution in [0.5, 0.6) is 0 Å². The monoisotopic (exact) mass is 316 g/mol. The van der Waals surface area contributed by atoms with E-state index in [9.17, 15) is 10.1 Å². The zero-order chi connectivity index (χ0) is 16.3. The molecule has 2 aliphatic rings. The second-order valence-corrected chi connectivity index (χ2v) is 6.76. The molecule has 6 nitrogen and oxygen atoms in total. The molecule has 0 bridgehead atoms. The van der Waals surface area contributed by atoms with Crippen molar-refractivity contribution >= 4 is 5.91 Å². The van der Waals surface area contributed by atoms with Gasteiger partial charge in [-0.15, -0.1) is 0 Å². The van der Waals surface area contributed by atoms with Crippen molar-refractivity contribution in [1.82, 2.24) is 15.0 Å². The molecule has 23 heavy (non-hydrogen) atoms. The second-order valence-electron chi connectivity index (χ2n) is 6.76. The molecule has 0 radical (unpaired) electrons. The molecule has 6 heteroatoms. The van der Waals surface area contributed by atoms with Crippen molar-refractivity contribution in [2.75, 3.05) is 26.2 Å². The minimum atomic E-state index is -0.761. The highest BCUT2D eigenvalue weighted by Crippen LogP contribution is 2.37. The maximum Gasteiger partial charge on any atom is 0.243 e. The van der Waals surface area contributed by atoms with Gasteiger partial charge in [0.25, 0.3) is 0 Å². The maximum absolute atomic E-state index is 12.8. The number of piperazine rings is 1. The SMILES string of the molecule is Cc1cc(CN2CCN(C(=O)C3(C#N)CCCCC3)CC2)on1. The Hall–Kier alpha value is -1.87. The van der Waals surface area contributed by atoms with Crippen molar-refractivity contribution in [2.24, 2.45) is 5.41 Å². The second kappa shape index (κ2) is 6.71. The summed E-state index contributed by atoms with van der Waals surface area (Å²) in [5, 5.41) is 13.5. The first-order chi connectivity index (χ1) is 11.1. The third-order valence-corrected chi connectivity index (χ3v) is 5.05. The van der Waals surface area contributed by atoms with Crippen LogP contribution in [0.3, 0.4) is 0 Å². The molecular weight excluding hydrogens is 292 g/mol. The van der Waals surface area contributed by atoms with Crippen molar-refractivity contribution < 1.29 is 9.32 Å². The summed E-state index contributed by atoms with van der Waals surface area (Å²) in [6.07, 6.45) is 4.56. The Balaban J connectivity index is 1.56. The fourth-order valence-corrected chi connectivity index (χ4v) is 3.65. The molecule has 0 unspecified atom stereocenters. The normalized spacial score (nSPS) is 21.8. The van der Waals surface area contributed by atoms with E-state index in [2.05, 4.69) is 16.1 Å². The Bertz CT molecular complexity index is 590. The highest BCUT2D eigenvalue weighted by Gasteiger charge is 2.43. The number of carbonyl (C=O) groups excluding carboxylic acids is 1. The molecule has 124 valence electrons. The summed E-state index contributed by atoms with van der Waals surface area (Å²) in [4.78, 5) is 17.0. The third-order valence-electron chi connectivity index (χ3n) is 5.05. The van der Waals surface area contributed by atoms with Crippen molar-refractivity contribution in [1.29, 1.82) is 5.26 Å². The number of hydrogen-bond donors (Lipinski definition) is 0. The topological polar surface area (TPSA) is 73.4 Å². The van der Waals surface area contributed by atoms with Crippen LogP contribution in [0.15, 0.2) is 10.6 Å². The molecule has 0 spiro atoms. The third kappa shape index (κ3) is 3.40. The molecule has 0 aromatic carbocycles. The predicted octanol–water partition coefficient (Wildman–Crippen LogP) is 2.10. The van der Waals surface area contributed by atoms with Gasteiger partial charge in [0.1, 0.15) is 5.41 Å². The lowest BCUT2D eigenvalue weighted by atomic mass is 9.74. The Labute approximate surface area is 137 Å². The highest BCUT2D eigenvalue weighted by atomic mass is 16.5. The van der Waals surface area contributed by atoms with E-state index in [0.29, 0.717) is 13.1 Å². The molecule has 1 amide bonds. The Morgan fingerprint density at radius 3 is 2.57 bits per heavy atom. The molecule has 1 aromatic rings. The van der Waals surface area contributed by atoms with Crippen molar-refractivity contribution in [3.05, 3.63) is 17.5 Å². The van der Waals surface area contributed by atoms with E-state index in [1.54, 1.807) is 0 Å². The maximum atomic E-state index is 12.8. The molecule has 0 atom stereocenters. The number of aryl methyl sites for hydroxylation is 1. The summed E-state index contributed by atoms with van der Waals surface area (Å²) in [5.41, 5.74) is 0.129. The Morgan fingerprint density at radius 1 is 1.30 bits per heavy atom. The fourth-order valence-electron chi connectivity index (χ4n) is 3.65. The number of amides is 1. The van der Waals surface area contributed by atoms with Gasteiger partial charge in [-0.3, -0.25) is 9.69 Å². The minimum absolute atomic E-state index is 0.0508. The lowest BCUT2D eigenvalue weighted by Crippen LogP contribution is -2.53. The highest BCUT2D eigenvalue weighted by molar-refractivity contribution is 5.85. The van der Waals surface area contributed by atoms with E-state index in [0.717, 1.165) is 63.2 Å². The van der Waals surface area contributed by atoms with E-state index in [1.807, 2.05) is 17.9 Å². The van der Waals surface area contributed by atoms with E-state index in [1.165, 1.54) is 0 Å². The molecule has 1 aliphatic heterocycles. The molecule has 1 aliphatic carbocycles. The summed E-state index contributed by atoms with van der Waals surface area (Å²) in [5.74, 6) is 0.915. The molecule has 1 saturated carbocycles. The number of aromatic nitrogens is 1. The number of hydrogen-bond acceptors (Lipinski definition) is 5. The summed E-state index contributed by atoms with van der Waals surface area (Å²) < 4.78 is 5.25. The zero-order valence-corrected chi connectivity index (χ0v) is 13.8. The summed E-state index contributed by atoms with van der Waals surface area (Å²) in [6, 6.07) is 4.29. The van der Waals surface area contributed by atoms with Gasteiger partial charge in [0.2, 0.25) is 5.91 Å². The van der Waals surface area contributed by atoms with Gasteiger partial charge in [-0.05, 0) is 19.8 Å². The fraction of sp³-hybridized carbons (Fsp3) is 0.706. The minimum Gasteiger partial charge on any atom is -0.360 e. The first-order valence-corrected chi connectivity index (χ1v) is 8.48. The van der Waals surface area contributed by atoms with Gasteiger partial charge >= 0.3 is 0 Å². The molecule has 2 heterocycles. The quantitative estimate of drug-likeness (QED) is 0.854. The van der Waals surface area contributed by atoms with Gasteiger partial charge in [0.05, 0.1) is 18.3 Å². The molecule has 1 aromatic heterocycles. The van der Waals surface area contributed by atoms with E-state index >= 15 is 0 Å². The number of nitriles is 1. The van der Waals surface area contributed by atoms with Gasteiger partial charge in [-0.1, -0.05) is 24.4 Å². The number of nitrogens with zero attached hydrogens (tertiary/aromatic N) is 4. The average Bonchev–Trinajstić information content (AvgIpc) is 3.00. The molecule has 3 rings (SSSR count). The van der Waals surface area contributed by atoms with E-state index in [-0.39, 0.29) is 5.91 Å². The van der Waals surface area contributed by atoms with Gasteiger partial charge < -0.3 is 9.42 Å². The Kier molecular flexibility index (Phi) is 4.67. The summed E-state index contributed by atoms with van der Waals surface area (Å²) in [6.45, 7) is 5.64. The number of rotatable bonds is 3. The standard InChI is InChI=1S/C17H24N4O2/c1-14-11-15(23-19-14)12-20-7-9-21(10-8-20)16(22)17(13-18)5-3-2-4-6-17/h11H,2-10,12H2,1H3. The van der Waals surface area contributed by atoms with Gasteiger partial charge in [0.15, 0.2) is 5.76 Å². The van der Waals surface area contributed by atoms with Crippen LogP contribution in [0.25, 0.3) is 0 Å². The van der Waals surface area contributed by atoms with Gasteiger partial charge in [-0.25, -0.2) is 0 Å². The van der Waals surface area contributed by atoms with Crippen LogP contribution in [0.2, 0.25) is 0 Å². The Morgan fingerprint density at radius 2 is 2.00 bits per heavy atom. The molecule has 1 saturated heterocycles. The van der Waals surface area contributed by atoms with Crippen LogP contribution in [0.1, 0.15) is 43.6 Å². The summed E-state index contributed by atoms with van der Waals surface area (Å²) >= 11 is 0. The molecule has 0 N–H and O–H groups in total. The van der Waals surface area contributed by atoms with Crippen LogP contribution < -0.4 is 0 Å². The lowest BCUT2D eigenvalue weighted by molar-refractivity contribution is -0.142.